The molecule has 0 spiro atoms. The number of halogens is 4. The molecule has 0 aliphatic rings. The zero-order chi connectivity index (χ0) is 10.1. The second kappa shape index (κ2) is 3.65. The van der Waals surface area contributed by atoms with Gasteiger partial charge in [0, 0.05) is 6.54 Å². The Hall–Kier alpha value is -0.590. The van der Waals surface area contributed by atoms with Gasteiger partial charge in [-0.15, -0.1) is 5.10 Å². The van der Waals surface area contributed by atoms with E-state index in [0.29, 0.717) is 6.42 Å². The topological polar surface area (TPSA) is 30.7 Å². The molecule has 7 heteroatoms. The SMILES string of the molecule is CCCn1nnc(Br)c1C(F)(F)F. The second-order valence-electron chi connectivity index (χ2n) is 2.45. The fourth-order valence-corrected chi connectivity index (χ4v) is 1.42. The van der Waals surface area contributed by atoms with E-state index in [0.717, 1.165) is 4.68 Å². The highest BCUT2D eigenvalue weighted by Gasteiger charge is 2.38. The van der Waals surface area contributed by atoms with Gasteiger partial charge in [0.15, 0.2) is 10.3 Å². The van der Waals surface area contributed by atoms with Crippen LogP contribution in [0.3, 0.4) is 0 Å². The maximum Gasteiger partial charge on any atom is 0.435 e. The van der Waals surface area contributed by atoms with Crippen LogP contribution in [0.25, 0.3) is 0 Å². The first-order valence-electron chi connectivity index (χ1n) is 3.63. The molecule has 0 aliphatic carbocycles. The molecule has 1 rings (SSSR count). The molecule has 0 radical (unpaired) electrons. The average Bonchev–Trinajstić information content (AvgIpc) is 2.31. The van der Waals surface area contributed by atoms with Crippen molar-refractivity contribution in [3.8, 4) is 0 Å². The molecule has 0 saturated carbocycles. The van der Waals surface area contributed by atoms with Crippen molar-refractivity contribution in [3.05, 3.63) is 10.3 Å². The molecule has 0 bridgehead atoms. The van der Waals surface area contributed by atoms with Crippen LogP contribution in [-0.2, 0) is 12.7 Å². The highest BCUT2D eigenvalue weighted by molar-refractivity contribution is 9.10. The van der Waals surface area contributed by atoms with Crippen molar-refractivity contribution in [3.63, 3.8) is 0 Å². The Balaban J connectivity index is 3.09. The molecule has 0 saturated heterocycles. The Bertz CT molecular complexity index is 294. The molecular formula is C6H7BrF3N3. The number of aromatic nitrogens is 3. The average molecular weight is 258 g/mol. The minimum atomic E-state index is -4.41. The van der Waals surface area contributed by atoms with Gasteiger partial charge < -0.3 is 0 Å². The lowest BCUT2D eigenvalue weighted by Gasteiger charge is -2.07. The molecule has 0 atom stereocenters. The summed E-state index contributed by atoms with van der Waals surface area (Å²) in [5.74, 6) is 0. The monoisotopic (exact) mass is 257 g/mol. The van der Waals surface area contributed by atoms with Gasteiger partial charge in [-0.05, 0) is 22.4 Å². The Morgan fingerprint density at radius 1 is 1.46 bits per heavy atom. The lowest BCUT2D eigenvalue weighted by Crippen LogP contribution is -2.15. The first kappa shape index (κ1) is 10.5. The normalized spacial score (nSPS) is 12.1. The molecule has 0 N–H and O–H groups in total. The summed E-state index contributed by atoms with van der Waals surface area (Å²) in [6.07, 6.45) is -3.82. The van der Waals surface area contributed by atoms with E-state index in [1.54, 1.807) is 6.92 Å². The summed E-state index contributed by atoms with van der Waals surface area (Å²) in [6.45, 7) is 1.99. The van der Waals surface area contributed by atoms with E-state index in [4.69, 9.17) is 0 Å². The quantitative estimate of drug-likeness (QED) is 0.815. The maximum absolute atomic E-state index is 12.3. The fraction of sp³-hybridized carbons (Fsp3) is 0.667. The van der Waals surface area contributed by atoms with Crippen molar-refractivity contribution in [2.24, 2.45) is 0 Å². The molecule has 0 amide bonds. The molecule has 0 aromatic carbocycles. The van der Waals surface area contributed by atoms with E-state index in [9.17, 15) is 13.2 Å². The first-order chi connectivity index (χ1) is 5.96. The molecule has 1 aromatic heterocycles. The summed E-state index contributed by atoms with van der Waals surface area (Å²) < 4.78 is 37.6. The van der Waals surface area contributed by atoms with Crippen molar-refractivity contribution in [2.75, 3.05) is 0 Å². The fourth-order valence-electron chi connectivity index (χ4n) is 0.923. The van der Waals surface area contributed by atoms with Crippen molar-refractivity contribution in [1.29, 1.82) is 0 Å². The van der Waals surface area contributed by atoms with E-state index in [2.05, 4.69) is 26.2 Å². The van der Waals surface area contributed by atoms with Crippen molar-refractivity contribution in [2.45, 2.75) is 26.1 Å². The Morgan fingerprint density at radius 2 is 2.08 bits per heavy atom. The van der Waals surface area contributed by atoms with Gasteiger partial charge in [-0.25, -0.2) is 4.68 Å². The van der Waals surface area contributed by atoms with Crippen LogP contribution in [0.15, 0.2) is 4.60 Å². The third-order valence-electron chi connectivity index (χ3n) is 1.40. The number of hydrogen-bond donors (Lipinski definition) is 0. The zero-order valence-electron chi connectivity index (χ0n) is 6.77. The van der Waals surface area contributed by atoms with Crippen LogP contribution in [0.4, 0.5) is 13.2 Å². The molecule has 0 unspecified atom stereocenters. The van der Waals surface area contributed by atoms with Crippen molar-refractivity contribution >= 4 is 15.9 Å². The summed E-state index contributed by atoms with van der Waals surface area (Å²) in [6, 6.07) is 0. The van der Waals surface area contributed by atoms with Crippen LogP contribution in [0.5, 0.6) is 0 Å². The van der Waals surface area contributed by atoms with Gasteiger partial charge >= 0.3 is 6.18 Å². The minimum Gasteiger partial charge on any atom is -0.239 e. The summed E-state index contributed by atoms with van der Waals surface area (Å²) >= 11 is 2.71. The van der Waals surface area contributed by atoms with E-state index in [-0.39, 0.29) is 11.1 Å². The van der Waals surface area contributed by atoms with Crippen LogP contribution < -0.4 is 0 Å². The Kier molecular flexibility index (Phi) is 2.94. The van der Waals surface area contributed by atoms with Crippen LogP contribution in [-0.4, -0.2) is 15.0 Å². The standard InChI is InChI=1S/C6H7BrF3N3/c1-2-3-13-4(6(8,9)10)5(7)11-12-13/h2-3H2,1H3. The van der Waals surface area contributed by atoms with Gasteiger partial charge in [0.25, 0.3) is 0 Å². The summed E-state index contributed by atoms with van der Waals surface area (Å²) in [7, 11) is 0. The van der Waals surface area contributed by atoms with Gasteiger partial charge in [-0.3, -0.25) is 0 Å². The van der Waals surface area contributed by atoms with Crippen LogP contribution in [0.2, 0.25) is 0 Å². The summed E-state index contributed by atoms with van der Waals surface area (Å²) in [4.78, 5) is 0. The van der Waals surface area contributed by atoms with E-state index in [1.165, 1.54) is 0 Å². The van der Waals surface area contributed by atoms with E-state index < -0.39 is 11.9 Å². The van der Waals surface area contributed by atoms with Gasteiger partial charge in [0.2, 0.25) is 0 Å². The maximum atomic E-state index is 12.3. The molecule has 3 nitrogen and oxygen atoms in total. The highest BCUT2D eigenvalue weighted by Crippen LogP contribution is 2.33. The first-order valence-corrected chi connectivity index (χ1v) is 4.42. The molecule has 13 heavy (non-hydrogen) atoms. The number of hydrogen-bond acceptors (Lipinski definition) is 2. The van der Waals surface area contributed by atoms with Crippen LogP contribution in [0.1, 0.15) is 19.0 Å². The zero-order valence-corrected chi connectivity index (χ0v) is 8.35. The van der Waals surface area contributed by atoms with Crippen LogP contribution >= 0.6 is 15.9 Å². The predicted octanol–water partition coefficient (Wildman–Crippen LogP) is 2.47. The van der Waals surface area contributed by atoms with Crippen molar-refractivity contribution < 1.29 is 13.2 Å². The Morgan fingerprint density at radius 3 is 2.54 bits per heavy atom. The highest BCUT2D eigenvalue weighted by atomic mass is 79.9. The molecule has 0 fully saturated rings. The van der Waals surface area contributed by atoms with Gasteiger partial charge in [-0.1, -0.05) is 12.1 Å². The third-order valence-corrected chi connectivity index (χ3v) is 1.93. The minimum absolute atomic E-state index is 0.216. The van der Waals surface area contributed by atoms with Crippen LogP contribution in [0, 0.1) is 0 Å². The lowest BCUT2D eigenvalue weighted by molar-refractivity contribution is -0.144. The predicted molar refractivity (Wildman–Crippen MR) is 43.0 cm³/mol. The van der Waals surface area contributed by atoms with E-state index >= 15 is 0 Å². The van der Waals surface area contributed by atoms with E-state index in [1.807, 2.05) is 0 Å². The summed E-state index contributed by atoms with van der Waals surface area (Å²) in [5.41, 5.74) is -0.825. The third kappa shape index (κ3) is 2.20. The molecule has 0 aliphatic heterocycles. The smallest absolute Gasteiger partial charge is 0.239 e. The second-order valence-corrected chi connectivity index (χ2v) is 3.20. The van der Waals surface area contributed by atoms with Gasteiger partial charge in [-0.2, -0.15) is 13.2 Å². The van der Waals surface area contributed by atoms with Gasteiger partial charge in [0.1, 0.15) is 0 Å². The molecular weight excluding hydrogens is 251 g/mol. The van der Waals surface area contributed by atoms with Crippen molar-refractivity contribution in [1.82, 2.24) is 15.0 Å². The molecule has 74 valence electrons. The number of rotatable bonds is 2. The number of nitrogens with zero attached hydrogens (tertiary/aromatic N) is 3. The summed E-state index contributed by atoms with van der Waals surface area (Å²) in [5, 5.41) is 6.68. The largest absolute Gasteiger partial charge is 0.435 e. The Labute approximate surface area is 81.1 Å². The molecule has 1 aromatic rings. The number of aryl methyl sites for hydroxylation is 1. The number of alkyl halides is 3. The van der Waals surface area contributed by atoms with Gasteiger partial charge in [0.05, 0.1) is 0 Å². The lowest BCUT2D eigenvalue weighted by atomic mass is 10.4. The molecule has 1 heterocycles.